The number of nitrogens with one attached hydrogen (secondary N) is 1. The summed E-state index contributed by atoms with van der Waals surface area (Å²) in [6, 6.07) is 0. The van der Waals surface area contributed by atoms with E-state index in [2.05, 4.69) is 15.1 Å². The first-order valence-electron chi connectivity index (χ1n) is 7.72. The first-order chi connectivity index (χ1) is 10.8. The fourth-order valence-corrected chi connectivity index (χ4v) is 2.44. The highest BCUT2D eigenvalue weighted by atomic mass is 16.6. The minimum atomic E-state index is -0.969. The second-order valence-electron chi connectivity index (χ2n) is 6.63. The van der Waals surface area contributed by atoms with Gasteiger partial charge < -0.3 is 14.7 Å². The third kappa shape index (κ3) is 4.95. The summed E-state index contributed by atoms with van der Waals surface area (Å²) in [4.78, 5) is 26.9. The van der Waals surface area contributed by atoms with E-state index in [0.29, 0.717) is 25.2 Å². The molecule has 1 aromatic heterocycles. The second-order valence-corrected chi connectivity index (χ2v) is 6.63. The summed E-state index contributed by atoms with van der Waals surface area (Å²) in [6.07, 6.45) is 1.64. The quantitative estimate of drug-likeness (QED) is 0.863. The fraction of sp³-hybridized carbons (Fsp3) is 0.667. The lowest BCUT2D eigenvalue weighted by Crippen LogP contribution is -2.50. The molecule has 2 N–H and O–H groups in total. The number of rotatable bonds is 4. The number of amides is 1. The molecular weight excluding hydrogens is 300 g/mol. The van der Waals surface area contributed by atoms with Crippen molar-refractivity contribution in [3.63, 3.8) is 0 Å². The average molecular weight is 324 g/mol. The molecule has 0 radical (unpaired) electrons. The summed E-state index contributed by atoms with van der Waals surface area (Å²) in [5, 5.41) is 15.6. The Morgan fingerprint density at radius 2 is 1.96 bits per heavy atom. The van der Waals surface area contributed by atoms with Crippen LogP contribution in [0.3, 0.4) is 0 Å². The van der Waals surface area contributed by atoms with E-state index in [1.165, 1.54) is 6.20 Å². The Kier molecular flexibility index (Phi) is 5.25. The normalized spacial score (nSPS) is 16.4. The van der Waals surface area contributed by atoms with E-state index in [1.54, 1.807) is 4.90 Å². The highest BCUT2D eigenvalue weighted by Gasteiger charge is 2.25. The number of piperazine rings is 1. The maximum atomic E-state index is 12.0. The third-order valence-electron chi connectivity index (χ3n) is 3.65. The van der Waals surface area contributed by atoms with E-state index >= 15 is 0 Å². The van der Waals surface area contributed by atoms with Gasteiger partial charge in [0.25, 0.3) is 0 Å². The summed E-state index contributed by atoms with van der Waals surface area (Å²) in [6.45, 7) is 9.01. The van der Waals surface area contributed by atoms with Gasteiger partial charge in [-0.15, -0.1) is 0 Å². The number of aromatic nitrogens is 2. The molecule has 1 saturated heterocycles. The van der Waals surface area contributed by atoms with Crippen LogP contribution >= 0.6 is 0 Å². The van der Waals surface area contributed by atoms with E-state index < -0.39 is 11.6 Å². The molecule has 0 saturated carbocycles. The lowest BCUT2D eigenvalue weighted by atomic mass is 10.2. The number of ether oxygens (including phenoxy) is 1. The maximum absolute atomic E-state index is 12.0. The van der Waals surface area contributed by atoms with Crippen LogP contribution in [0.2, 0.25) is 0 Å². The van der Waals surface area contributed by atoms with Crippen LogP contribution in [0.4, 0.5) is 4.79 Å². The average Bonchev–Trinajstić information content (AvgIpc) is 2.92. The first-order valence-corrected chi connectivity index (χ1v) is 7.72. The molecule has 1 fully saturated rings. The van der Waals surface area contributed by atoms with E-state index in [-0.39, 0.29) is 11.7 Å². The second kappa shape index (κ2) is 6.99. The Hall–Kier alpha value is -2.09. The Morgan fingerprint density at radius 3 is 2.52 bits per heavy atom. The van der Waals surface area contributed by atoms with Crippen molar-refractivity contribution in [1.29, 1.82) is 0 Å². The molecular formula is C15H24N4O4. The minimum absolute atomic E-state index is 0.220. The number of aromatic carboxylic acids is 1. The molecule has 0 atom stereocenters. The molecule has 2 rings (SSSR count). The highest BCUT2D eigenvalue weighted by Crippen LogP contribution is 2.12. The molecule has 8 heteroatoms. The molecule has 1 amide bonds. The number of hydrogen-bond donors (Lipinski definition) is 2. The van der Waals surface area contributed by atoms with Crippen LogP contribution in [-0.4, -0.2) is 75.5 Å². The van der Waals surface area contributed by atoms with Crippen LogP contribution in [-0.2, 0) is 11.2 Å². The van der Waals surface area contributed by atoms with Crippen molar-refractivity contribution in [2.45, 2.75) is 32.8 Å². The van der Waals surface area contributed by atoms with Gasteiger partial charge in [0.2, 0.25) is 0 Å². The van der Waals surface area contributed by atoms with Crippen LogP contribution in [0, 0.1) is 0 Å². The monoisotopic (exact) mass is 324 g/mol. The van der Waals surface area contributed by atoms with E-state index in [4.69, 9.17) is 9.84 Å². The molecule has 128 valence electrons. The summed E-state index contributed by atoms with van der Waals surface area (Å²) in [7, 11) is 0. The third-order valence-corrected chi connectivity index (χ3v) is 3.65. The van der Waals surface area contributed by atoms with Crippen molar-refractivity contribution in [2.75, 3.05) is 32.7 Å². The van der Waals surface area contributed by atoms with Crippen molar-refractivity contribution >= 4 is 12.1 Å². The topological polar surface area (TPSA) is 98.8 Å². The Labute approximate surface area is 135 Å². The molecule has 0 bridgehead atoms. The zero-order valence-electron chi connectivity index (χ0n) is 13.8. The van der Waals surface area contributed by atoms with Gasteiger partial charge in [-0.3, -0.25) is 10.00 Å². The highest BCUT2D eigenvalue weighted by molar-refractivity contribution is 5.88. The van der Waals surface area contributed by atoms with Gasteiger partial charge in [-0.2, -0.15) is 5.10 Å². The first kappa shape index (κ1) is 17.3. The van der Waals surface area contributed by atoms with Crippen LogP contribution in [0.15, 0.2) is 6.20 Å². The van der Waals surface area contributed by atoms with Crippen molar-refractivity contribution in [3.8, 4) is 0 Å². The standard InChI is InChI=1S/C15H24N4O4/c1-15(2,3)23-14(22)19-8-6-18(7-9-19)5-4-12-11(13(20)21)10-16-17-12/h10H,4-9H2,1-3H3,(H,16,17)(H,20,21). The van der Waals surface area contributed by atoms with Gasteiger partial charge in [-0.05, 0) is 20.8 Å². The molecule has 23 heavy (non-hydrogen) atoms. The predicted octanol–water partition coefficient (Wildman–Crippen LogP) is 1.20. The predicted molar refractivity (Wildman–Crippen MR) is 83.5 cm³/mol. The van der Waals surface area contributed by atoms with Crippen LogP contribution in [0.1, 0.15) is 36.8 Å². The molecule has 1 aromatic rings. The van der Waals surface area contributed by atoms with Crippen molar-refractivity contribution in [1.82, 2.24) is 20.0 Å². The summed E-state index contributed by atoms with van der Waals surface area (Å²) in [5.41, 5.74) is 0.367. The number of nitrogens with zero attached hydrogens (tertiary/aromatic N) is 3. The number of hydrogen-bond acceptors (Lipinski definition) is 5. The van der Waals surface area contributed by atoms with E-state index in [0.717, 1.165) is 19.6 Å². The minimum Gasteiger partial charge on any atom is -0.478 e. The SMILES string of the molecule is CC(C)(C)OC(=O)N1CCN(CCc2[nH]ncc2C(=O)O)CC1. The van der Waals surface area contributed by atoms with Gasteiger partial charge in [0.15, 0.2) is 0 Å². The lowest BCUT2D eigenvalue weighted by Gasteiger charge is -2.35. The Balaban J connectivity index is 1.78. The molecule has 8 nitrogen and oxygen atoms in total. The van der Waals surface area contributed by atoms with E-state index in [9.17, 15) is 9.59 Å². The fourth-order valence-electron chi connectivity index (χ4n) is 2.44. The van der Waals surface area contributed by atoms with Crippen molar-refractivity contribution < 1.29 is 19.4 Å². The molecule has 1 aliphatic heterocycles. The molecule has 0 unspecified atom stereocenters. The van der Waals surface area contributed by atoms with Crippen molar-refractivity contribution in [3.05, 3.63) is 17.5 Å². The summed E-state index contributed by atoms with van der Waals surface area (Å²) < 4.78 is 5.36. The number of carbonyl (C=O) groups excluding carboxylic acids is 1. The Morgan fingerprint density at radius 1 is 1.30 bits per heavy atom. The summed E-state index contributed by atoms with van der Waals surface area (Å²) >= 11 is 0. The molecule has 0 spiro atoms. The van der Waals surface area contributed by atoms with Gasteiger partial charge >= 0.3 is 12.1 Å². The Bertz CT molecular complexity index is 556. The van der Waals surface area contributed by atoms with Gasteiger partial charge in [0.05, 0.1) is 11.9 Å². The smallest absolute Gasteiger partial charge is 0.410 e. The van der Waals surface area contributed by atoms with Gasteiger partial charge in [0, 0.05) is 39.1 Å². The molecule has 0 aromatic carbocycles. The molecule has 2 heterocycles. The van der Waals surface area contributed by atoms with Crippen LogP contribution in [0.5, 0.6) is 0 Å². The number of carboxylic acids is 1. The van der Waals surface area contributed by atoms with Crippen molar-refractivity contribution in [2.24, 2.45) is 0 Å². The molecule has 0 aliphatic carbocycles. The van der Waals surface area contributed by atoms with Crippen LogP contribution < -0.4 is 0 Å². The van der Waals surface area contributed by atoms with Gasteiger partial charge in [0.1, 0.15) is 11.2 Å². The van der Waals surface area contributed by atoms with E-state index in [1.807, 2.05) is 20.8 Å². The number of carboxylic acid groups (broad SMARTS) is 1. The number of carbonyl (C=O) groups is 2. The van der Waals surface area contributed by atoms with Gasteiger partial charge in [-0.1, -0.05) is 0 Å². The molecule has 1 aliphatic rings. The van der Waals surface area contributed by atoms with Gasteiger partial charge in [-0.25, -0.2) is 9.59 Å². The number of aromatic amines is 1. The number of H-pyrrole nitrogens is 1. The summed E-state index contributed by atoms with van der Waals surface area (Å²) in [5.74, 6) is -0.969. The zero-order valence-corrected chi connectivity index (χ0v) is 13.8. The maximum Gasteiger partial charge on any atom is 0.410 e. The van der Waals surface area contributed by atoms with Crippen LogP contribution in [0.25, 0.3) is 0 Å². The largest absolute Gasteiger partial charge is 0.478 e. The lowest BCUT2D eigenvalue weighted by molar-refractivity contribution is 0.0145. The zero-order chi connectivity index (χ0) is 17.0.